The number of nitrogens with zero attached hydrogens (tertiary/aromatic N) is 1. The Balaban J connectivity index is 1.73. The zero-order valence-electron chi connectivity index (χ0n) is 18.6. The lowest BCUT2D eigenvalue weighted by Crippen LogP contribution is -2.20. The van der Waals surface area contributed by atoms with E-state index in [0.717, 1.165) is 5.56 Å². The largest absolute Gasteiger partial charge is 0.497 e. The number of rotatable bonds is 8. The van der Waals surface area contributed by atoms with Gasteiger partial charge in [0.1, 0.15) is 23.1 Å². The third-order valence-electron chi connectivity index (χ3n) is 4.76. The van der Waals surface area contributed by atoms with Crippen molar-refractivity contribution in [3.05, 3.63) is 88.5 Å². The number of ether oxygens (including phenoxy) is 2. The quantitative estimate of drug-likeness (QED) is 0.343. The number of para-hydroxylation sites is 1. The van der Waals surface area contributed by atoms with Crippen molar-refractivity contribution in [2.45, 2.75) is 6.92 Å². The van der Waals surface area contributed by atoms with Gasteiger partial charge in [-0.2, -0.15) is 5.26 Å². The minimum atomic E-state index is -0.569. The first-order chi connectivity index (χ1) is 16.4. The molecule has 0 heterocycles. The number of aryl methyl sites for hydroxylation is 1. The highest BCUT2D eigenvalue weighted by molar-refractivity contribution is 6.30. The fourth-order valence-electron chi connectivity index (χ4n) is 2.99. The molecule has 0 saturated heterocycles. The molecule has 0 unspecified atom stereocenters. The monoisotopic (exact) mass is 475 g/mol. The van der Waals surface area contributed by atoms with E-state index in [1.165, 1.54) is 6.08 Å². The number of carbonyl (C=O) groups is 2. The van der Waals surface area contributed by atoms with Gasteiger partial charge in [-0.3, -0.25) is 9.59 Å². The predicted octanol–water partition coefficient (Wildman–Crippen LogP) is 5.22. The Labute approximate surface area is 202 Å². The summed E-state index contributed by atoms with van der Waals surface area (Å²) in [4.78, 5) is 25.0. The molecule has 2 N–H and O–H groups in total. The van der Waals surface area contributed by atoms with Crippen molar-refractivity contribution in [1.82, 2.24) is 0 Å². The van der Waals surface area contributed by atoms with Crippen LogP contribution in [0, 0.1) is 18.3 Å². The number of nitrogens with one attached hydrogen (secondary N) is 2. The maximum atomic E-state index is 12.7. The first kappa shape index (κ1) is 24.4. The van der Waals surface area contributed by atoms with Gasteiger partial charge in [0.2, 0.25) is 0 Å². The average molecular weight is 476 g/mol. The molecule has 3 aromatic rings. The van der Waals surface area contributed by atoms with Crippen LogP contribution in [0.2, 0.25) is 5.02 Å². The molecule has 0 fully saturated rings. The van der Waals surface area contributed by atoms with Crippen molar-refractivity contribution in [2.75, 3.05) is 24.4 Å². The number of anilines is 2. The van der Waals surface area contributed by atoms with Gasteiger partial charge in [-0.1, -0.05) is 29.8 Å². The SMILES string of the molecule is COc1ccc(NC(=O)COc2ccc(Cl)cc2/C=C(/C#N)C(=O)Nc2ccccc2C)cc1. The highest BCUT2D eigenvalue weighted by atomic mass is 35.5. The Morgan fingerprint density at radius 3 is 2.47 bits per heavy atom. The Kier molecular flexibility index (Phi) is 8.27. The van der Waals surface area contributed by atoms with Gasteiger partial charge in [-0.15, -0.1) is 0 Å². The van der Waals surface area contributed by atoms with E-state index in [0.29, 0.717) is 33.5 Å². The standard InChI is InChI=1S/C26H22ClN3O4/c1-17-5-3-4-6-23(17)30-26(32)19(15-28)13-18-14-20(27)7-12-24(18)34-16-25(31)29-21-8-10-22(33-2)11-9-21/h3-14H,16H2,1-2H3,(H,29,31)(H,30,32)/b19-13-. The predicted molar refractivity (Wildman–Crippen MR) is 132 cm³/mol. The molecular formula is C26H22ClN3O4. The lowest BCUT2D eigenvalue weighted by atomic mass is 10.1. The summed E-state index contributed by atoms with van der Waals surface area (Å²) in [5.41, 5.74) is 2.30. The lowest BCUT2D eigenvalue weighted by Gasteiger charge is -2.11. The van der Waals surface area contributed by atoms with Crippen LogP contribution in [0.25, 0.3) is 6.08 Å². The molecule has 8 heteroatoms. The molecular weight excluding hydrogens is 454 g/mol. The highest BCUT2D eigenvalue weighted by Gasteiger charge is 2.14. The number of hydrogen-bond acceptors (Lipinski definition) is 5. The zero-order valence-corrected chi connectivity index (χ0v) is 19.3. The minimum Gasteiger partial charge on any atom is -0.497 e. The van der Waals surface area contributed by atoms with E-state index in [2.05, 4.69) is 10.6 Å². The summed E-state index contributed by atoms with van der Waals surface area (Å²) in [6.45, 7) is 1.57. The van der Waals surface area contributed by atoms with Crippen LogP contribution in [-0.4, -0.2) is 25.5 Å². The van der Waals surface area contributed by atoms with Crippen LogP contribution >= 0.6 is 11.6 Å². The molecule has 3 aromatic carbocycles. The topological polar surface area (TPSA) is 100 Å². The fraction of sp³-hybridized carbons (Fsp3) is 0.115. The molecule has 34 heavy (non-hydrogen) atoms. The second kappa shape index (κ2) is 11.5. The van der Waals surface area contributed by atoms with Crippen LogP contribution in [-0.2, 0) is 9.59 Å². The zero-order chi connectivity index (χ0) is 24.5. The van der Waals surface area contributed by atoms with E-state index in [4.69, 9.17) is 21.1 Å². The summed E-state index contributed by atoms with van der Waals surface area (Å²) >= 11 is 6.11. The van der Waals surface area contributed by atoms with Crippen LogP contribution in [0.1, 0.15) is 11.1 Å². The van der Waals surface area contributed by atoms with E-state index in [1.54, 1.807) is 61.7 Å². The maximum absolute atomic E-state index is 12.7. The van der Waals surface area contributed by atoms with E-state index in [9.17, 15) is 14.9 Å². The van der Waals surface area contributed by atoms with Gasteiger partial charge in [-0.05, 0) is 67.1 Å². The molecule has 0 aliphatic heterocycles. The summed E-state index contributed by atoms with van der Waals surface area (Å²) in [7, 11) is 1.56. The second-order valence-electron chi connectivity index (χ2n) is 7.19. The van der Waals surface area contributed by atoms with Crippen LogP contribution in [0.3, 0.4) is 0 Å². The normalized spacial score (nSPS) is 10.7. The number of benzene rings is 3. The number of halogens is 1. The van der Waals surface area contributed by atoms with E-state index in [-0.39, 0.29) is 18.1 Å². The number of amides is 2. The molecule has 3 rings (SSSR count). The Morgan fingerprint density at radius 1 is 1.06 bits per heavy atom. The van der Waals surface area contributed by atoms with Gasteiger partial charge in [0.05, 0.1) is 7.11 Å². The summed E-state index contributed by atoms with van der Waals surface area (Å²) in [6.07, 6.45) is 1.37. The first-order valence-electron chi connectivity index (χ1n) is 10.2. The number of nitriles is 1. The van der Waals surface area contributed by atoms with Gasteiger partial charge in [0, 0.05) is 22.0 Å². The Bertz CT molecular complexity index is 1260. The van der Waals surface area contributed by atoms with Crippen molar-refractivity contribution in [1.29, 1.82) is 5.26 Å². The highest BCUT2D eigenvalue weighted by Crippen LogP contribution is 2.26. The molecule has 0 atom stereocenters. The average Bonchev–Trinajstić information content (AvgIpc) is 2.83. The molecule has 0 aliphatic carbocycles. The van der Waals surface area contributed by atoms with Crippen LogP contribution in [0.5, 0.6) is 11.5 Å². The summed E-state index contributed by atoms with van der Waals surface area (Å²) < 4.78 is 10.7. The van der Waals surface area contributed by atoms with Gasteiger partial charge in [0.25, 0.3) is 11.8 Å². The van der Waals surface area contributed by atoms with Crippen molar-refractivity contribution < 1.29 is 19.1 Å². The van der Waals surface area contributed by atoms with Crippen LogP contribution in [0.4, 0.5) is 11.4 Å². The number of methoxy groups -OCH3 is 1. The molecule has 172 valence electrons. The summed E-state index contributed by atoms with van der Waals surface area (Å²) in [5.74, 6) is 0.0187. The van der Waals surface area contributed by atoms with Crippen LogP contribution < -0.4 is 20.1 Å². The van der Waals surface area contributed by atoms with Crippen molar-refractivity contribution in [2.24, 2.45) is 0 Å². The van der Waals surface area contributed by atoms with Gasteiger partial charge < -0.3 is 20.1 Å². The lowest BCUT2D eigenvalue weighted by molar-refractivity contribution is -0.118. The third-order valence-corrected chi connectivity index (χ3v) is 5.00. The molecule has 0 aliphatic rings. The Hall–Kier alpha value is -4.28. The van der Waals surface area contributed by atoms with Crippen LogP contribution in [0.15, 0.2) is 72.3 Å². The molecule has 0 aromatic heterocycles. The minimum absolute atomic E-state index is 0.141. The Morgan fingerprint density at radius 2 is 1.79 bits per heavy atom. The van der Waals surface area contributed by atoms with E-state index >= 15 is 0 Å². The molecule has 0 radical (unpaired) electrons. The van der Waals surface area contributed by atoms with E-state index in [1.807, 2.05) is 25.1 Å². The van der Waals surface area contributed by atoms with Gasteiger partial charge in [0.15, 0.2) is 6.61 Å². The van der Waals surface area contributed by atoms with Crippen molar-refractivity contribution >= 4 is 40.9 Å². The third kappa shape index (κ3) is 6.61. The van der Waals surface area contributed by atoms with Gasteiger partial charge in [-0.25, -0.2) is 0 Å². The molecule has 0 saturated carbocycles. The summed E-state index contributed by atoms with van der Waals surface area (Å²) in [6, 6.07) is 20.7. The number of hydrogen-bond donors (Lipinski definition) is 2. The number of carbonyl (C=O) groups excluding carboxylic acids is 2. The van der Waals surface area contributed by atoms with E-state index < -0.39 is 5.91 Å². The second-order valence-corrected chi connectivity index (χ2v) is 7.62. The van der Waals surface area contributed by atoms with Crippen molar-refractivity contribution in [3.8, 4) is 17.6 Å². The molecule has 2 amide bonds. The maximum Gasteiger partial charge on any atom is 0.266 e. The first-order valence-corrected chi connectivity index (χ1v) is 10.6. The summed E-state index contributed by atoms with van der Waals surface area (Å²) in [5, 5.41) is 15.4. The van der Waals surface area contributed by atoms with Crippen molar-refractivity contribution in [3.63, 3.8) is 0 Å². The van der Waals surface area contributed by atoms with Gasteiger partial charge >= 0.3 is 0 Å². The molecule has 7 nitrogen and oxygen atoms in total. The fourth-order valence-corrected chi connectivity index (χ4v) is 3.17. The molecule has 0 bridgehead atoms. The molecule has 0 spiro atoms. The smallest absolute Gasteiger partial charge is 0.266 e.